The minimum Gasteiger partial charge on any atom is -0.462 e. The number of esters is 1. The Kier molecular flexibility index (Phi) is 5.96. The van der Waals surface area contributed by atoms with E-state index in [9.17, 15) is 9.59 Å². The number of ether oxygens (including phenoxy) is 1. The van der Waals surface area contributed by atoms with Crippen LogP contribution in [-0.4, -0.2) is 28.5 Å². The minimum absolute atomic E-state index is 0.212. The second-order valence-electron chi connectivity index (χ2n) is 6.03. The SMILES string of the molecule is CCOC(=O)c1ccc(Nc2cnc(C(=O)Nc3ccc(C)cc3)cn2)cc1. The predicted octanol–water partition coefficient (Wildman–Crippen LogP) is 3.96. The fraction of sp³-hybridized carbons (Fsp3) is 0.143. The Labute approximate surface area is 162 Å². The van der Waals surface area contributed by atoms with Crippen molar-refractivity contribution in [3.05, 3.63) is 77.7 Å². The number of benzene rings is 2. The molecule has 0 fully saturated rings. The fourth-order valence-electron chi connectivity index (χ4n) is 2.39. The first-order chi connectivity index (χ1) is 13.5. The summed E-state index contributed by atoms with van der Waals surface area (Å²) in [4.78, 5) is 32.3. The van der Waals surface area contributed by atoms with Crippen LogP contribution in [0.25, 0.3) is 0 Å². The quantitative estimate of drug-likeness (QED) is 0.633. The summed E-state index contributed by atoms with van der Waals surface area (Å²) in [5.41, 5.74) is 3.23. The number of hydrogen-bond acceptors (Lipinski definition) is 6. The van der Waals surface area contributed by atoms with Gasteiger partial charge >= 0.3 is 5.97 Å². The average molecular weight is 376 g/mol. The third kappa shape index (κ3) is 4.91. The summed E-state index contributed by atoms with van der Waals surface area (Å²) >= 11 is 0. The van der Waals surface area contributed by atoms with Crippen molar-refractivity contribution in [1.82, 2.24) is 9.97 Å². The van der Waals surface area contributed by atoms with Gasteiger partial charge in [0.1, 0.15) is 11.5 Å². The molecule has 2 N–H and O–H groups in total. The molecule has 3 aromatic rings. The van der Waals surface area contributed by atoms with Gasteiger partial charge in [0, 0.05) is 11.4 Å². The van der Waals surface area contributed by atoms with Gasteiger partial charge in [-0.15, -0.1) is 0 Å². The van der Waals surface area contributed by atoms with Crippen LogP contribution >= 0.6 is 0 Å². The summed E-state index contributed by atoms with van der Waals surface area (Å²) in [5.74, 6) is -0.213. The molecule has 0 unspecified atom stereocenters. The van der Waals surface area contributed by atoms with Crippen LogP contribution in [0.4, 0.5) is 17.2 Å². The Hall–Kier alpha value is -3.74. The van der Waals surface area contributed by atoms with Crippen LogP contribution in [0.1, 0.15) is 33.3 Å². The first kappa shape index (κ1) is 19.0. The van der Waals surface area contributed by atoms with E-state index in [1.807, 2.05) is 31.2 Å². The van der Waals surface area contributed by atoms with Gasteiger partial charge in [0.25, 0.3) is 5.91 Å². The molecule has 28 heavy (non-hydrogen) atoms. The van der Waals surface area contributed by atoms with E-state index in [4.69, 9.17) is 4.74 Å². The second-order valence-corrected chi connectivity index (χ2v) is 6.03. The van der Waals surface area contributed by atoms with Crippen LogP contribution in [0.3, 0.4) is 0 Å². The highest BCUT2D eigenvalue weighted by atomic mass is 16.5. The standard InChI is InChI=1S/C21H20N4O3/c1-3-28-21(27)15-6-10-16(11-7-15)24-19-13-22-18(12-23-19)20(26)25-17-8-4-14(2)5-9-17/h4-13H,3H2,1-2H3,(H,23,24)(H,25,26). The number of anilines is 3. The van der Waals surface area contributed by atoms with Gasteiger partial charge in [-0.05, 0) is 50.2 Å². The van der Waals surface area contributed by atoms with E-state index in [2.05, 4.69) is 20.6 Å². The fourth-order valence-corrected chi connectivity index (χ4v) is 2.39. The molecule has 0 aliphatic rings. The molecule has 2 aromatic carbocycles. The number of nitrogens with zero attached hydrogens (tertiary/aromatic N) is 2. The highest BCUT2D eigenvalue weighted by Gasteiger charge is 2.09. The predicted molar refractivity (Wildman–Crippen MR) is 107 cm³/mol. The van der Waals surface area contributed by atoms with Gasteiger partial charge in [-0.2, -0.15) is 0 Å². The van der Waals surface area contributed by atoms with E-state index < -0.39 is 0 Å². The molecule has 0 atom stereocenters. The van der Waals surface area contributed by atoms with Crippen LogP contribution in [0.2, 0.25) is 0 Å². The van der Waals surface area contributed by atoms with E-state index in [0.717, 1.165) is 11.3 Å². The molecule has 0 saturated heterocycles. The smallest absolute Gasteiger partial charge is 0.338 e. The van der Waals surface area contributed by atoms with Gasteiger partial charge in [-0.1, -0.05) is 17.7 Å². The van der Waals surface area contributed by atoms with E-state index in [-0.39, 0.29) is 17.6 Å². The van der Waals surface area contributed by atoms with E-state index >= 15 is 0 Å². The number of nitrogens with one attached hydrogen (secondary N) is 2. The summed E-state index contributed by atoms with van der Waals surface area (Å²) in [5, 5.41) is 5.84. The van der Waals surface area contributed by atoms with Crippen molar-refractivity contribution in [2.75, 3.05) is 17.2 Å². The molecule has 7 nitrogen and oxygen atoms in total. The normalized spacial score (nSPS) is 10.2. The Balaban J connectivity index is 1.61. The number of amides is 1. The van der Waals surface area contributed by atoms with E-state index in [1.165, 1.54) is 12.4 Å². The zero-order valence-electron chi connectivity index (χ0n) is 15.6. The van der Waals surface area contributed by atoms with Crippen molar-refractivity contribution in [3.63, 3.8) is 0 Å². The monoisotopic (exact) mass is 376 g/mol. The Morgan fingerprint density at radius 2 is 1.61 bits per heavy atom. The van der Waals surface area contributed by atoms with Gasteiger partial charge < -0.3 is 15.4 Å². The summed E-state index contributed by atoms with van der Waals surface area (Å²) < 4.78 is 4.95. The van der Waals surface area contributed by atoms with Crippen molar-refractivity contribution in [1.29, 1.82) is 0 Å². The van der Waals surface area contributed by atoms with Crippen molar-refractivity contribution >= 4 is 29.1 Å². The van der Waals surface area contributed by atoms with Crippen LogP contribution in [-0.2, 0) is 4.74 Å². The van der Waals surface area contributed by atoms with Gasteiger partial charge in [0.15, 0.2) is 0 Å². The summed E-state index contributed by atoms with van der Waals surface area (Å²) in [6.45, 7) is 4.07. The molecular formula is C21H20N4O3. The lowest BCUT2D eigenvalue weighted by Gasteiger charge is -2.08. The first-order valence-electron chi connectivity index (χ1n) is 8.79. The van der Waals surface area contributed by atoms with Crippen molar-refractivity contribution < 1.29 is 14.3 Å². The topological polar surface area (TPSA) is 93.2 Å². The maximum Gasteiger partial charge on any atom is 0.338 e. The van der Waals surface area contributed by atoms with Gasteiger partial charge in [0.05, 0.1) is 24.6 Å². The molecule has 1 aromatic heterocycles. The zero-order chi connectivity index (χ0) is 19.9. The first-order valence-corrected chi connectivity index (χ1v) is 8.79. The lowest BCUT2D eigenvalue weighted by molar-refractivity contribution is 0.0526. The molecule has 3 rings (SSSR count). The number of carbonyl (C=O) groups excluding carboxylic acids is 2. The third-order valence-electron chi connectivity index (χ3n) is 3.86. The number of aryl methyl sites for hydroxylation is 1. The maximum absolute atomic E-state index is 12.2. The van der Waals surface area contributed by atoms with E-state index in [1.54, 1.807) is 31.2 Å². The highest BCUT2D eigenvalue weighted by Crippen LogP contribution is 2.16. The van der Waals surface area contributed by atoms with Gasteiger partial charge in [-0.25, -0.2) is 14.8 Å². The van der Waals surface area contributed by atoms with Crippen LogP contribution in [0, 0.1) is 6.92 Å². The summed E-state index contributed by atoms with van der Waals surface area (Å²) in [6, 6.07) is 14.3. The Morgan fingerprint density at radius 1 is 0.929 bits per heavy atom. The molecule has 0 aliphatic heterocycles. The van der Waals surface area contributed by atoms with Gasteiger partial charge in [0.2, 0.25) is 0 Å². The molecule has 0 bridgehead atoms. The Morgan fingerprint density at radius 3 is 2.21 bits per heavy atom. The largest absolute Gasteiger partial charge is 0.462 e. The minimum atomic E-state index is -0.363. The molecule has 142 valence electrons. The lowest BCUT2D eigenvalue weighted by atomic mass is 10.2. The highest BCUT2D eigenvalue weighted by molar-refractivity contribution is 6.02. The zero-order valence-corrected chi connectivity index (χ0v) is 15.6. The maximum atomic E-state index is 12.2. The van der Waals surface area contributed by atoms with Crippen molar-refractivity contribution in [2.24, 2.45) is 0 Å². The summed E-state index contributed by atoms with van der Waals surface area (Å²) in [6.07, 6.45) is 2.88. The third-order valence-corrected chi connectivity index (χ3v) is 3.86. The molecular weight excluding hydrogens is 356 g/mol. The second kappa shape index (κ2) is 8.77. The molecule has 0 spiro atoms. The number of aromatic nitrogens is 2. The van der Waals surface area contributed by atoms with Crippen LogP contribution < -0.4 is 10.6 Å². The molecule has 0 aliphatic carbocycles. The molecule has 1 amide bonds. The number of carbonyl (C=O) groups is 2. The van der Waals surface area contributed by atoms with Gasteiger partial charge in [-0.3, -0.25) is 4.79 Å². The molecule has 0 saturated carbocycles. The van der Waals surface area contributed by atoms with Crippen molar-refractivity contribution in [3.8, 4) is 0 Å². The molecule has 0 radical (unpaired) electrons. The van der Waals surface area contributed by atoms with Crippen molar-refractivity contribution in [2.45, 2.75) is 13.8 Å². The van der Waals surface area contributed by atoms with E-state index in [0.29, 0.717) is 23.7 Å². The van der Waals surface area contributed by atoms with Crippen LogP contribution in [0.5, 0.6) is 0 Å². The lowest BCUT2D eigenvalue weighted by Crippen LogP contribution is -2.14. The summed E-state index contributed by atoms with van der Waals surface area (Å²) in [7, 11) is 0. The average Bonchev–Trinajstić information content (AvgIpc) is 2.71. The Bertz CT molecular complexity index is 952. The number of rotatable bonds is 6. The number of hydrogen-bond donors (Lipinski definition) is 2. The molecule has 1 heterocycles. The molecule has 7 heteroatoms. The van der Waals surface area contributed by atoms with Crippen LogP contribution in [0.15, 0.2) is 60.9 Å².